The minimum Gasteiger partial charge on any atom is -0.435 e. The number of rotatable bonds is 11. The molecule has 4 rings (SSSR count). The van der Waals surface area contributed by atoms with Gasteiger partial charge in [0, 0.05) is 43.2 Å². The number of carbonyl (C=O) groups is 1. The Morgan fingerprint density at radius 1 is 1.27 bits per heavy atom. The number of nitrogens with zero attached hydrogens (tertiary/aromatic N) is 4. The Morgan fingerprint density at radius 2 is 2.05 bits per heavy atom. The maximum absolute atomic E-state index is 15.6. The number of hydrogen-bond acceptors (Lipinski definition) is 8. The molecule has 37 heavy (non-hydrogen) atoms. The number of primary amides is 1. The first-order chi connectivity index (χ1) is 17.7. The molecule has 1 saturated carbocycles. The van der Waals surface area contributed by atoms with Gasteiger partial charge in [0.25, 0.3) is 0 Å². The molecule has 0 bridgehead atoms. The molecule has 2 atom stereocenters. The van der Waals surface area contributed by atoms with Crippen LogP contribution >= 0.6 is 0 Å². The van der Waals surface area contributed by atoms with E-state index in [1.165, 1.54) is 18.5 Å². The number of anilines is 2. The van der Waals surface area contributed by atoms with Crippen LogP contribution in [-0.2, 0) is 11.3 Å². The van der Waals surface area contributed by atoms with Crippen molar-refractivity contribution >= 4 is 17.5 Å². The second-order valence-electron chi connectivity index (χ2n) is 9.40. The highest BCUT2D eigenvalue weighted by atomic mass is 19.3. The first-order valence-electron chi connectivity index (χ1n) is 12.1. The number of alkyl halides is 2. The van der Waals surface area contributed by atoms with Crippen LogP contribution < -0.4 is 20.7 Å². The molecule has 2 heterocycles. The summed E-state index contributed by atoms with van der Waals surface area (Å²) in [7, 11) is 0. The molecule has 0 radical (unpaired) electrons. The van der Waals surface area contributed by atoms with E-state index in [2.05, 4.69) is 20.0 Å². The molecule has 202 valence electrons. The van der Waals surface area contributed by atoms with E-state index < -0.39 is 30.3 Å². The topological polar surface area (TPSA) is 117 Å². The lowest BCUT2D eigenvalue weighted by molar-refractivity contribution is -0.120. The van der Waals surface area contributed by atoms with E-state index in [0.717, 1.165) is 25.3 Å². The van der Waals surface area contributed by atoms with Gasteiger partial charge in [-0.05, 0) is 38.3 Å². The molecule has 9 nitrogen and oxygen atoms in total. The monoisotopic (exact) mass is 526 g/mol. The molecule has 1 amide bonds. The second-order valence-corrected chi connectivity index (χ2v) is 9.40. The molecule has 2 aromatic rings. The summed E-state index contributed by atoms with van der Waals surface area (Å²) >= 11 is 0. The first kappa shape index (κ1) is 26.9. The van der Waals surface area contributed by atoms with Gasteiger partial charge in [-0.1, -0.05) is 6.07 Å². The highest BCUT2D eigenvalue weighted by Gasteiger charge is 2.31. The van der Waals surface area contributed by atoms with Gasteiger partial charge in [0.1, 0.15) is 17.9 Å². The Morgan fingerprint density at radius 3 is 2.68 bits per heavy atom. The number of β-amino-alcohol motifs (C(OH)–C–C–N with tert-alkyl or cyclic N) is 1. The molecule has 1 aromatic heterocycles. The van der Waals surface area contributed by atoms with Gasteiger partial charge < -0.3 is 25.8 Å². The molecule has 1 aliphatic heterocycles. The third-order valence-corrected chi connectivity index (χ3v) is 6.87. The van der Waals surface area contributed by atoms with Crippen LogP contribution in [0.25, 0.3) is 0 Å². The maximum Gasteiger partial charge on any atom is 0.387 e. The van der Waals surface area contributed by atoms with Crippen LogP contribution in [0.4, 0.5) is 29.2 Å². The van der Waals surface area contributed by atoms with E-state index in [9.17, 15) is 23.1 Å². The molecule has 13 heteroatoms. The molecule has 0 unspecified atom stereocenters. The van der Waals surface area contributed by atoms with E-state index in [1.54, 1.807) is 9.80 Å². The average Bonchev–Trinajstić information content (AvgIpc) is 2.78. The summed E-state index contributed by atoms with van der Waals surface area (Å²) in [6, 6.07) is 3.39. The Balaban J connectivity index is 1.46. The Labute approximate surface area is 211 Å². The smallest absolute Gasteiger partial charge is 0.387 e. The van der Waals surface area contributed by atoms with Crippen LogP contribution in [0.5, 0.6) is 5.75 Å². The Bertz CT molecular complexity index is 1090. The first-order valence-corrected chi connectivity index (χ1v) is 12.1. The quantitative estimate of drug-likeness (QED) is 0.383. The lowest BCUT2D eigenvalue weighted by atomic mass is 9.91. The van der Waals surface area contributed by atoms with Crippen molar-refractivity contribution in [3.05, 3.63) is 41.7 Å². The molecular weight excluding hydrogens is 496 g/mol. The number of halogens is 4. The van der Waals surface area contributed by atoms with Crippen LogP contribution in [0.2, 0.25) is 0 Å². The number of carbonyl (C=O) groups excluding carboxylic acids is 1. The van der Waals surface area contributed by atoms with Crippen LogP contribution in [0.1, 0.15) is 31.2 Å². The summed E-state index contributed by atoms with van der Waals surface area (Å²) < 4.78 is 59.4. The number of ether oxygens (including phenoxy) is 1. The van der Waals surface area contributed by atoms with Gasteiger partial charge in [-0.2, -0.15) is 13.2 Å². The minimum absolute atomic E-state index is 0.00586. The largest absolute Gasteiger partial charge is 0.435 e. The zero-order valence-electron chi connectivity index (χ0n) is 20.1. The fourth-order valence-corrected chi connectivity index (χ4v) is 4.65. The zero-order chi connectivity index (χ0) is 26.5. The van der Waals surface area contributed by atoms with Crippen molar-refractivity contribution in [1.29, 1.82) is 0 Å². The molecule has 1 aliphatic carbocycles. The van der Waals surface area contributed by atoms with Gasteiger partial charge in [0.05, 0.1) is 12.6 Å². The van der Waals surface area contributed by atoms with E-state index in [0.29, 0.717) is 13.0 Å². The summed E-state index contributed by atoms with van der Waals surface area (Å²) in [4.78, 5) is 22.7. The van der Waals surface area contributed by atoms with Gasteiger partial charge >= 0.3 is 6.61 Å². The van der Waals surface area contributed by atoms with Crippen molar-refractivity contribution in [2.45, 2.75) is 51.0 Å². The standard InChI is InChI=1S/C24H30F4N6O3/c25-18-8-17(37-24(27)28)5-4-15(18)10-34(16-2-1-3-16)23-21(26)22(31-13-32-23)30-9-14-6-7-33(11-19(14)35)12-20(29)36/h4-5,8,13-14,16,19,24,35H,1-3,6-7,9-12H2,(H2,29,36)(H,30,31,32)/t14-,19+/m0/s1. The van der Waals surface area contributed by atoms with E-state index in [4.69, 9.17) is 5.73 Å². The number of benzene rings is 1. The molecule has 2 fully saturated rings. The normalized spacial score (nSPS) is 20.5. The van der Waals surface area contributed by atoms with Crippen LogP contribution in [0.3, 0.4) is 0 Å². The number of piperidine rings is 1. The molecule has 1 aromatic carbocycles. The number of aliphatic hydroxyl groups is 1. The third-order valence-electron chi connectivity index (χ3n) is 6.87. The van der Waals surface area contributed by atoms with E-state index >= 15 is 4.39 Å². The average molecular weight is 527 g/mol. The van der Waals surface area contributed by atoms with Gasteiger partial charge in [0.2, 0.25) is 11.7 Å². The summed E-state index contributed by atoms with van der Waals surface area (Å²) in [5.74, 6) is -2.43. The summed E-state index contributed by atoms with van der Waals surface area (Å²) in [5, 5.41) is 13.4. The van der Waals surface area contributed by atoms with Gasteiger partial charge in [-0.25, -0.2) is 14.4 Å². The lowest BCUT2D eigenvalue weighted by Gasteiger charge is -2.39. The van der Waals surface area contributed by atoms with Crippen molar-refractivity contribution in [3.63, 3.8) is 0 Å². The van der Waals surface area contributed by atoms with E-state index in [1.807, 2.05) is 0 Å². The van der Waals surface area contributed by atoms with Crippen LogP contribution in [-0.4, -0.2) is 70.8 Å². The van der Waals surface area contributed by atoms with E-state index in [-0.39, 0.29) is 61.1 Å². The van der Waals surface area contributed by atoms with Gasteiger partial charge in [-0.15, -0.1) is 0 Å². The predicted octanol–water partition coefficient (Wildman–Crippen LogP) is 2.50. The van der Waals surface area contributed by atoms with Crippen molar-refractivity contribution in [2.24, 2.45) is 11.7 Å². The number of nitrogens with one attached hydrogen (secondary N) is 1. The number of aliphatic hydroxyl groups excluding tert-OH is 1. The summed E-state index contributed by atoms with van der Waals surface area (Å²) in [6.45, 7) is -1.90. The van der Waals surface area contributed by atoms with Crippen molar-refractivity contribution in [2.75, 3.05) is 36.4 Å². The minimum atomic E-state index is -3.07. The van der Waals surface area contributed by atoms with Crippen LogP contribution in [0.15, 0.2) is 24.5 Å². The zero-order valence-corrected chi connectivity index (χ0v) is 20.1. The fourth-order valence-electron chi connectivity index (χ4n) is 4.65. The highest BCUT2D eigenvalue weighted by Crippen LogP contribution is 2.34. The third kappa shape index (κ3) is 6.77. The number of hydrogen-bond donors (Lipinski definition) is 3. The van der Waals surface area contributed by atoms with Crippen molar-refractivity contribution in [1.82, 2.24) is 14.9 Å². The number of amides is 1. The SMILES string of the molecule is NC(=O)CN1CC[C@@H](CNc2ncnc(N(Cc3ccc(OC(F)F)cc3F)C3CCC3)c2F)[C@H](O)C1. The fraction of sp³-hybridized carbons (Fsp3) is 0.542. The molecular formula is C24H30F4N6O3. The maximum atomic E-state index is 15.6. The number of likely N-dealkylation sites (tertiary alicyclic amines) is 1. The lowest BCUT2D eigenvalue weighted by Crippen LogP contribution is -2.48. The second kappa shape index (κ2) is 11.9. The number of nitrogens with two attached hydrogens (primary N) is 1. The van der Waals surface area contributed by atoms with Gasteiger partial charge in [0.15, 0.2) is 11.6 Å². The van der Waals surface area contributed by atoms with Crippen LogP contribution in [0, 0.1) is 17.6 Å². The van der Waals surface area contributed by atoms with Gasteiger partial charge in [-0.3, -0.25) is 9.69 Å². The molecule has 1 saturated heterocycles. The van der Waals surface area contributed by atoms with Crippen molar-refractivity contribution < 1.29 is 32.2 Å². The highest BCUT2D eigenvalue weighted by molar-refractivity contribution is 5.75. The Hall–Kier alpha value is -3.19. The predicted molar refractivity (Wildman–Crippen MR) is 127 cm³/mol. The van der Waals surface area contributed by atoms with Crippen molar-refractivity contribution in [3.8, 4) is 5.75 Å². The molecule has 2 aliphatic rings. The number of aromatic nitrogens is 2. The summed E-state index contributed by atoms with van der Waals surface area (Å²) in [5.41, 5.74) is 5.41. The molecule has 4 N–H and O–H groups in total. The molecule has 0 spiro atoms. The summed E-state index contributed by atoms with van der Waals surface area (Å²) in [6.07, 6.45) is 3.56. The Kier molecular flexibility index (Phi) is 8.64.